The Hall–Kier alpha value is -0.0800. The summed E-state index contributed by atoms with van der Waals surface area (Å²) in [6.45, 7) is 5.83. The van der Waals surface area contributed by atoms with Gasteiger partial charge in [0.25, 0.3) is 0 Å². The first-order chi connectivity index (χ1) is 4.19. The third-order valence-electron chi connectivity index (χ3n) is 2.06. The van der Waals surface area contributed by atoms with Crippen molar-refractivity contribution in [3.63, 3.8) is 0 Å². The minimum atomic E-state index is 0.315. The molecule has 2 N–H and O–H groups in total. The van der Waals surface area contributed by atoms with Gasteiger partial charge in [0.15, 0.2) is 0 Å². The van der Waals surface area contributed by atoms with Gasteiger partial charge in [0.1, 0.15) is 0 Å². The summed E-state index contributed by atoms with van der Waals surface area (Å²) in [5.41, 5.74) is 5.98. The van der Waals surface area contributed by atoms with Gasteiger partial charge in [-0.3, -0.25) is 0 Å². The van der Waals surface area contributed by atoms with E-state index in [1.165, 1.54) is 0 Å². The Morgan fingerprint density at radius 1 is 1.78 bits per heavy atom. The molecule has 0 aliphatic heterocycles. The van der Waals surface area contributed by atoms with E-state index in [0.29, 0.717) is 11.5 Å². The lowest BCUT2D eigenvalue weighted by molar-refractivity contribution is 0.105. The lowest BCUT2D eigenvalue weighted by atomic mass is 10.1. The molecule has 2 heteroatoms. The molecule has 9 heavy (non-hydrogen) atoms. The van der Waals surface area contributed by atoms with Gasteiger partial charge < -0.3 is 10.5 Å². The predicted molar refractivity (Wildman–Crippen MR) is 37.2 cm³/mol. The number of ether oxygens (including phenoxy) is 1. The average Bonchev–Trinajstić information content (AvgIpc) is 2.38. The molecule has 0 aromatic heterocycles. The molecule has 2 atom stereocenters. The van der Waals surface area contributed by atoms with E-state index in [2.05, 4.69) is 6.92 Å². The van der Waals surface area contributed by atoms with E-state index < -0.39 is 0 Å². The van der Waals surface area contributed by atoms with Crippen LogP contribution in [0, 0.1) is 5.41 Å². The van der Waals surface area contributed by atoms with E-state index in [9.17, 15) is 0 Å². The van der Waals surface area contributed by atoms with E-state index in [0.717, 1.165) is 19.6 Å². The molecule has 54 valence electrons. The molecule has 1 aliphatic rings. The van der Waals surface area contributed by atoms with Gasteiger partial charge in [-0.15, -0.1) is 0 Å². The Labute approximate surface area is 56.4 Å². The standard InChI is InChI=1S/C7H15NO/c1-3-9-5-7(2)4-6(7)8/h6H,3-5,8H2,1-2H3. The van der Waals surface area contributed by atoms with Crippen molar-refractivity contribution in [1.82, 2.24) is 0 Å². The zero-order valence-corrected chi connectivity index (χ0v) is 6.18. The molecule has 1 saturated carbocycles. The molecule has 1 rings (SSSR count). The molecule has 0 spiro atoms. The summed E-state index contributed by atoms with van der Waals surface area (Å²) < 4.78 is 5.25. The zero-order valence-electron chi connectivity index (χ0n) is 6.18. The molecule has 2 nitrogen and oxygen atoms in total. The topological polar surface area (TPSA) is 35.2 Å². The number of rotatable bonds is 3. The van der Waals surface area contributed by atoms with E-state index in [1.54, 1.807) is 0 Å². The van der Waals surface area contributed by atoms with Crippen LogP contribution in [0.25, 0.3) is 0 Å². The summed E-state index contributed by atoms with van der Waals surface area (Å²) in [6, 6.07) is 0.393. The molecule has 1 aliphatic carbocycles. The van der Waals surface area contributed by atoms with Gasteiger partial charge in [0, 0.05) is 18.1 Å². The van der Waals surface area contributed by atoms with Crippen LogP contribution in [0.4, 0.5) is 0 Å². The molecular weight excluding hydrogens is 114 g/mol. The fourth-order valence-electron chi connectivity index (χ4n) is 0.945. The second-order valence-electron chi connectivity index (χ2n) is 3.10. The third-order valence-corrected chi connectivity index (χ3v) is 2.06. The van der Waals surface area contributed by atoms with Crippen LogP contribution in [0.2, 0.25) is 0 Å². The molecule has 0 saturated heterocycles. The van der Waals surface area contributed by atoms with Crippen molar-refractivity contribution in [1.29, 1.82) is 0 Å². The molecular formula is C7H15NO. The monoisotopic (exact) mass is 129 g/mol. The summed E-state index contributed by atoms with van der Waals surface area (Å²) >= 11 is 0. The van der Waals surface area contributed by atoms with Crippen LogP contribution in [-0.2, 0) is 4.74 Å². The molecule has 0 heterocycles. The second-order valence-corrected chi connectivity index (χ2v) is 3.10. The summed E-state index contributed by atoms with van der Waals surface area (Å²) in [6.07, 6.45) is 1.13. The maximum Gasteiger partial charge on any atom is 0.0535 e. The highest BCUT2D eigenvalue weighted by atomic mass is 16.5. The van der Waals surface area contributed by atoms with E-state index in [1.807, 2.05) is 6.92 Å². The molecule has 0 bridgehead atoms. The quantitative estimate of drug-likeness (QED) is 0.610. The van der Waals surface area contributed by atoms with Crippen LogP contribution in [-0.4, -0.2) is 19.3 Å². The Balaban J connectivity index is 2.13. The van der Waals surface area contributed by atoms with Crippen molar-refractivity contribution >= 4 is 0 Å². The predicted octanol–water partition coefficient (Wildman–Crippen LogP) is 0.760. The first kappa shape index (κ1) is 7.03. The fraction of sp³-hybridized carbons (Fsp3) is 1.00. The summed E-state index contributed by atoms with van der Waals surface area (Å²) in [5, 5.41) is 0. The Morgan fingerprint density at radius 2 is 2.33 bits per heavy atom. The number of hydrogen-bond acceptors (Lipinski definition) is 2. The van der Waals surface area contributed by atoms with Gasteiger partial charge in [0.05, 0.1) is 6.61 Å². The van der Waals surface area contributed by atoms with Gasteiger partial charge in [0.2, 0.25) is 0 Å². The lowest BCUT2D eigenvalue weighted by Gasteiger charge is -2.07. The van der Waals surface area contributed by atoms with Crippen molar-refractivity contribution in [2.75, 3.05) is 13.2 Å². The minimum Gasteiger partial charge on any atom is -0.381 e. The summed E-state index contributed by atoms with van der Waals surface area (Å²) in [4.78, 5) is 0. The first-order valence-corrected chi connectivity index (χ1v) is 3.52. The Morgan fingerprint density at radius 3 is 2.67 bits per heavy atom. The van der Waals surface area contributed by atoms with E-state index >= 15 is 0 Å². The fourth-order valence-corrected chi connectivity index (χ4v) is 0.945. The maximum absolute atomic E-state index is 5.66. The molecule has 0 aromatic rings. The summed E-state index contributed by atoms with van der Waals surface area (Å²) in [7, 11) is 0. The molecule has 1 fully saturated rings. The van der Waals surface area contributed by atoms with Crippen LogP contribution in [0.15, 0.2) is 0 Å². The number of hydrogen-bond donors (Lipinski definition) is 1. The number of nitrogens with two attached hydrogens (primary N) is 1. The van der Waals surface area contributed by atoms with Crippen molar-refractivity contribution in [3.8, 4) is 0 Å². The highest BCUT2D eigenvalue weighted by Gasteiger charge is 2.47. The maximum atomic E-state index is 5.66. The normalized spacial score (nSPS) is 41.0. The van der Waals surface area contributed by atoms with Crippen LogP contribution < -0.4 is 5.73 Å². The van der Waals surface area contributed by atoms with Gasteiger partial charge in [-0.05, 0) is 13.3 Å². The third kappa shape index (κ3) is 1.43. The molecule has 0 radical (unpaired) electrons. The van der Waals surface area contributed by atoms with Gasteiger partial charge in [-0.25, -0.2) is 0 Å². The van der Waals surface area contributed by atoms with Crippen LogP contribution in [0.3, 0.4) is 0 Å². The second kappa shape index (κ2) is 2.27. The molecule has 2 unspecified atom stereocenters. The van der Waals surface area contributed by atoms with Gasteiger partial charge >= 0.3 is 0 Å². The molecule has 0 amide bonds. The van der Waals surface area contributed by atoms with Crippen molar-refractivity contribution in [3.05, 3.63) is 0 Å². The lowest BCUT2D eigenvalue weighted by Crippen LogP contribution is -2.16. The highest BCUT2D eigenvalue weighted by Crippen LogP contribution is 2.43. The van der Waals surface area contributed by atoms with Gasteiger partial charge in [-0.2, -0.15) is 0 Å². The Kier molecular flexibility index (Phi) is 1.78. The minimum absolute atomic E-state index is 0.315. The first-order valence-electron chi connectivity index (χ1n) is 3.52. The summed E-state index contributed by atoms with van der Waals surface area (Å²) in [5.74, 6) is 0. The van der Waals surface area contributed by atoms with Crippen LogP contribution in [0.1, 0.15) is 20.3 Å². The molecule has 0 aromatic carbocycles. The van der Waals surface area contributed by atoms with Gasteiger partial charge in [-0.1, -0.05) is 6.92 Å². The zero-order chi connectivity index (χ0) is 6.91. The van der Waals surface area contributed by atoms with Crippen molar-refractivity contribution < 1.29 is 4.74 Å². The smallest absolute Gasteiger partial charge is 0.0535 e. The largest absolute Gasteiger partial charge is 0.381 e. The Bertz CT molecular complexity index is 105. The SMILES string of the molecule is CCOCC1(C)CC1N. The highest BCUT2D eigenvalue weighted by molar-refractivity contribution is 5.02. The van der Waals surface area contributed by atoms with Crippen molar-refractivity contribution in [2.24, 2.45) is 11.1 Å². The van der Waals surface area contributed by atoms with Crippen LogP contribution >= 0.6 is 0 Å². The van der Waals surface area contributed by atoms with E-state index in [-0.39, 0.29) is 0 Å². The van der Waals surface area contributed by atoms with E-state index in [4.69, 9.17) is 10.5 Å². The van der Waals surface area contributed by atoms with Crippen LogP contribution in [0.5, 0.6) is 0 Å². The van der Waals surface area contributed by atoms with Crippen molar-refractivity contribution in [2.45, 2.75) is 26.3 Å². The average molecular weight is 129 g/mol.